The number of aliphatic carboxylic acids is 1. The van der Waals surface area contributed by atoms with Gasteiger partial charge in [0.25, 0.3) is 0 Å². The maximum atomic E-state index is 11.9. The fourth-order valence-electron chi connectivity index (χ4n) is 2.02. The van der Waals surface area contributed by atoms with E-state index in [4.69, 9.17) is 5.11 Å². The van der Waals surface area contributed by atoms with Crippen LogP contribution in [0.5, 0.6) is 0 Å². The van der Waals surface area contributed by atoms with Crippen molar-refractivity contribution in [2.24, 2.45) is 0 Å². The molecule has 2 atom stereocenters. The normalized spacial score (nSPS) is 12.7. The van der Waals surface area contributed by atoms with Gasteiger partial charge in [0.1, 0.15) is 6.04 Å². The molecule has 23 heavy (non-hydrogen) atoms. The van der Waals surface area contributed by atoms with Crippen LogP contribution in [0.2, 0.25) is 0 Å². The van der Waals surface area contributed by atoms with Crippen LogP contribution in [-0.4, -0.2) is 28.9 Å². The first-order valence-corrected chi connectivity index (χ1v) is 7.41. The van der Waals surface area contributed by atoms with Crippen LogP contribution < -0.4 is 10.6 Å². The average molecular weight is 318 g/mol. The van der Waals surface area contributed by atoms with Crippen LogP contribution >= 0.6 is 0 Å². The van der Waals surface area contributed by atoms with E-state index in [9.17, 15) is 14.4 Å². The molecule has 6 heteroatoms. The molecule has 2 amide bonds. The Hall–Kier alpha value is -2.63. The second kappa shape index (κ2) is 9.40. The molecule has 3 N–H and O–H groups in total. The van der Waals surface area contributed by atoms with Gasteiger partial charge in [0.15, 0.2) is 0 Å². The number of carboxylic acid groups (broad SMARTS) is 1. The number of rotatable bonds is 9. The number of hydrogen-bond donors (Lipinski definition) is 3. The van der Waals surface area contributed by atoms with Crippen molar-refractivity contribution in [3.8, 4) is 0 Å². The van der Waals surface area contributed by atoms with Gasteiger partial charge in [0.2, 0.25) is 11.8 Å². The van der Waals surface area contributed by atoms with Gasteiger partial charge in [-0.3, -0.25) is 9.59 Å². The van der Waals surface area contributed by atoms with Crippen molar-refractivity contribution >= 4 is 17.8 Å². The van der Waals surface area contributed by atoms with Crippen LogP contribution in [0, 0.1) is 0 Å². The lowest BCUT2D eigenvalue weighted by molar-refractivity contribution is -0.141. The summed E-state index contributed by atoms with van der Waals surface area (Å²) < 4.78 is 0. The molecule has 1 rings (SSSR count). The molecule has 0 radical (unpaired) electrons. The molecule has 1 aromatic carbocycles. The number of carbonyl (C=O) groups excluding carboxylic acids is 2. The van der Waals surface area contributed by atoms with Gasteiger partial charge in [-0.05, 0) is 18.9 Å². The first kappa shape index (κ1) is 18.4. The fraction of sp³-hybridized carbons (Fsp3) is 0.353. The van der Waals surface area contributed by atoms with E-state index in [1.807, 2.05) is 37.3 Å². The summed E-state index contributed by atoms with van der Waals surface area (Å²) in [5.41, 5.74) is 0.974. The first-order chi connectivity index (χ1) is 10.9. The van der Waals surface area contributed by atoms with Crippen LogP contribution in [-0.2, 0) is 14.4 Å². The van der Waals surface area contributed by atoms with Gasteiger partial charge in [-0.25, -0.2) is 4.79 Å². The van der Waals surface area contributed by atoms with E-state index >= 15 is 0 Å². The molecule has 0 saturated heterocycles. The molecule has 0 unspecified atom stereocenters. The maximum absolute atomic E-state index is 11.9. The molecule has 0 aliphatic carbocycles. The minimum atomic E-state index is -1.12. The molecule has 0 saturated carbocycles. The Morgan fingerprint density at radius 2 is 1.70 bits per heavy atom. The Balaban J connectivity index is 2.39. The quantitative estimate of drug-likeness (QED) is 0.605. The van der Waals surface area contributed by atoms with E-state index in [1.165, 1.54) is 6.08 Å². The summed E-state index contributed by atoms with van der Waals surface area (Å²) in [7, 11) is 0. The topological polar surface area (TPSA) is 95.5 Å². The first-order valence-electron chi connectivity index (χ1n) is 7.41. The summed E-state index contributed by atoms with van der Waals surface area (Å²) in [4.78, 5) is 34.5. The molecule has 0 fully saturated rings. The van der Waals surface area contributed by atoms with Gasteiger partial charge < -0.3 is 15.7 Å². The third-order valence-electron chi connectivity index (χ3n) is 3.29. The molecular weight excluding hydrogens is 296 g/mol. The third-order valence-corrected chi connectivity index (χ3v) is 3.29. The zero-order chi connectivity index (χ0) is 17.2. The van der Waals surface area contributed by atoms with E-state index in [2.05, 4.69) is 17.2 Å². The number of hydrogen-bond acceptors (Lipinski definition) is 3. The van der Waals surface area contributed by atoms with Crippen LogP contribution in [0.1, 0.15) is 37.8 Å². The molecule has 0 heterocycles. The van der Waals surface area contributed by atoms with Crippen molar-refractivity contribution in [1.82, 2.24) is 10.6 Å². The van der Waals surface area contributed by atoms with Gasteiger partial charge in [0.05, 0.1) is 6.04 Å². The van der Waals surface area contributed by atoms with E-state index in [0.717, 1.165) is 5.56 Å². The van der Waals surface area contributed by atoms with Crippen molar-refractivity contribution in [2.75, 3.05) is 0 Å². The van der Waals surface area contributed by atoms with Gasteiger partial charge in [-0.1, -0.05) is 36.4 Å². The molecule has 1 aromatic rings. The number of nitrogens with one attached hydrogen (secondary N) is 2. The van der Waals surface area contributed by atoms with Gasteiger partial charge in [-0.2, -0.15) is 0 Å². The minimum absolute atomic E-state index is 0.00341. The predicted molar refractivity (Wildman–Crippen MR) is 86.6 cm³/mol. The highest BCUT2D eigenvalue weighted by Crippen LogP contribution is 2.11. The summed E-state index contributed by atoms with van der Waals surface area (Å²) >= 11 is 0. The van der Waals surface area contributed by atoms with Crippen molar-refractivity contribution in [2.45, 2.75) is 38.3 Å². The summed E-state index contributed by atoms with van der Waals surface area (Å²) in [6.07, 6.45) is 1.50. The summed E-state index contributed by atoms with van der Waals surface area (Å²) in [5, 5.41) is 14.1. The van der Waals surface area contributed by atoms with Crippen LogP contribution in [0.3, 0.4) is 0 Å². The summed E-state index contributed by atoms with van der Waals surface area (Å²) in [6, 6.07) is 8.32. The number of carboxylic acids is 1. The summed E-state index contributed by atoms with van der Waals surface area (Å²) in [5.74, 6) is -1.85. The highest BCUT2D eigenvalue weighted by atomic mass is 16.4. The van der Waals surface area contributed by atoms with Crippen molar-refractivity contribution < 1.29 is 19.5 Å². The SMILES string of the molecule is C=CC[C@@H](NC(=O)CCC(=O)N[C@H](C)c1ccccc1)C(=O)O. The molecule has 0 spiro atoms. The van der Waals surface area contributed by atoms with Crippen molar-refractivity contribution in [3.63, 3.8) is 0 Å². The third kappa shape index (κ3) is 6.78. The monoisotopic (exact) mass is 318 g/mol. The molecule has 0 aliphatic heterocycles. The van der Waals surface area contributed by atoms with Crippen molar-refractivity contribution in [1.29, 1.82) is 0 Å². The van der Waals surface area contributed by atoms with Crippen LogP contribution in [0.4, 0.5) is 0 Å². The van der Waals surface area contributed by atoms with Gasteiger partial charge in [0, 0.05) is 12.8 Å². The Morgan fingerprint density at radius 1 is 1.13 bits per heavy atom. The average Bonchev–Trinajstić information content (AvgIpc) is 2.53. The molecule has 6 nitrogen and oxygen atoms in total. The van der Waals surface area contributed by atoms with Crippen LogP contribution in [0.15, 0.2) is 43.0 Å². The Labute approximate surface area is 135 Å². The van der Waals surface area contributed by atoms with E-state index in [0.29, 0.717) is 0 Å². The zero-order valence-corrected chi connectivity index (χ0v) is 13.1. The molecule has 0 aliphatic rings. The lowest BCUT2D eigenvalue weighted by atomic mass is 10.1. The smallest absolute Gasteiger partial charge is 0.326 e. The maximum Gasteiger partial charge on any atom is 0.326 e. The highest BCUT2D eigenvalue weighted by Gasteiger charge is 2.19. The second-order valence-electron chi connectivity index (χ2n) is 5.18. The number of amides is 2. The van der Waals surface area contributed by atoms with Crippen molar-refractivity contribution in [3.05, 3.63) is 48.6 Å². The summed E-state index contributed by atoms with van der Waals surface area (Å²) in [6.45, 7) is 5.31. The largest absolute Gasteiger partial charge is 0.480 e. The standard InChI is InChI=1S/C17H22N2O4/c1-3-7-14(17(22)23)19-16(21)11-10-15(20)18-12(2)13-8-5-4-6-9-13/h3-6,8-9,12,14H,1,7,10-11H2,2H3,(H,18,20)(H,19,21)(H,22,23)/t12-,14-/m1/s1. The molecule has 0 bridgehead atoms. The zero-order valence-electron chi connectivity index (χ0n) is 13.1. The highest BCUT2D eigenvalue weighted by molar-refractivity contribution is 5.87. The van der Waals surface area contributed by atoms with E-state index in [-0.39, 0.29) is 31.2 Å². The van der Waals surface area contributed by atoms with Gasteiger partial charge >= 0.3 is 5.97 Å². The number of carbonyl (C=O) groups is 3. The van der Waals surface area contributed by atoms with Gasteiger partial charge in [-0.15, -0.1) is 6.58 Å². The van der Waals surface area contributed by atoms with E-state index in [1.54, 1.807) is 0 Å². The second-order valence-corrected chi connectivity index (χ2v) is 5.18. The molecule has 124 valence electrons. The molecule has 0 aromatic heterocycles. The fourth-order valence-corrected chi connectivity index (χ4v) is 2.02. The lowest BCUT2D eigenvalue weighted by Gasteiger charge is -2.15. The predicted octanol–water partition coefficient (Wildman–Crippen LogP) is 1.79. The van der Waals surface area contributed by atoms with E-state index < -0.39 is 17.9 Å². The lowest BCUT2D eigenvalue weighted by Crippen LogP contribution is -2.40. The van der Waals surface area contributed by atoms with Crippen LogP contribution in [0.25, 0.3) is 0 Å². The minimum Gasteiger partial charge on any atom is -0.480 e. The Bertz CT molecular complexity index is 557. The number of benzene rings is 1. The Kier molecular flexibility index (Phi) is 7.53. The Morgan fingerprint density at radius 3 is 2.22 bits per heavy atom. The molecular formula is C17H22N2O4.